The van der Waals surface area contributed by atoms with Gasteiger partial charge in [0.25, 0.3) is 0 Å². The monoisotopic (exact) mass is 545 g/mol. The Kier molecular flexibility index (Phi) is 7.53. The Balaban J connectivity index is 1.39. The number of carbonyl (C=O) groups excluding carboxylic acids is 1. The third kappa shape index (κ3) is 5.88. The van der Waals surface area contributed by atoms with E-state index in [1.807, 2.05) is 48.3 Å². The molecular formula is C31H29ClFN3O3. The number of hydrogen-bond acceptors (Lipinski definition) is 3. The van der Waals surface area contributed by atoms with E-state index in [4.69, 9.17) is 16.7 Å². The fourth-order valence-corrected chi connectivity index (χ4v) is 5.75. The molecule has 1 aliphatic carbocycles. The quantitative estimate of drug-likeness (QED) is 0.239. The van der Waals surface area contributed by atoms with Gasteiger partial charge >= 0.3 is 5.97 Å². The van der Waals surface area contributed by atoms with Gasteiger partial charge in [0.1, 0.15) is 5.82 Å². The Morgan fingerprint density at radius 2 is 1.82 bits per heavy atom. The van der Waals surface area contributed by atoms with Crippen molar-refractivity contribution >= 4 is 46.1 Å². The fourth-order valence-electron chi connectivity index (χ4n) is 5.50. The number of halogens is 2. The van der Waals surface area contributed by atoms with Crippen LogP contribution in [0.25, 0.3) is 28.1 Å². The number of anilines is 1. The topological polar surface area (TPSA) is 84.2 Å². The highest BCUT2D eigenvalue weighted by molar-refractivity contribution is 6.31. The molecule has 0 aliphatic heterocycles. The van der Waals surface area contributed by atoms with Gasteiger partial charge in [-0.15, -0.1) is 0 Å². The van der Waals surface area contributed by atoms with E-state index in [9.17, 15) is 14.0 Å². The summed E-state index contributed by atoms with van der Waals surface area (Å²) in [4.78, 5) is 24.6. The Bertz CT molecular complexity index is 1590. The number of fused-ring (bicyclic) bond motifs is 1. The minimum absolute atomic E-state index is 0.178. The van der Waals surface area contributed by atoms with Crippen molar-refractivity contribution in [1.82, 2.24) is 9.78 Å². The van der Waals surface area contributed by atoms with Crippen molar-refractivity contribution in [2.75, 3.05) is 5.32 Å². The predicted octanol–water partition coefficient (Wildman–Crippen LogP) is 7.26. The number of aromatic nitrogens is 2. The van der Waals surface area contributed by atoms with Crippen LogP contribution < -0.4 is 5.32 Å². The molecule has 5 rings (SSSR count). The molecule has 1 aliphatic rings. The third-order valence-electron chi connectivity index (χ3n) is 7.55. The molecule has 0 saturated heterocycles. The highest BCUT2D eigenvalue weighted by Gasteiger charge is 2.40. The first kappa shape index (κ1) is 26.6. The zero-order chi connectivity index (χ0) is 27.6. The first-order valence-electron chi connectivity index (χ1n) is 13.0. The summed E-state index contributed by atoms with van der Waals surface area (Å²) < 4.78 is 16.1. The number of amides is 1. The molecular weight excluding hydrogens is 517 g/mol. The van der Waals surface area contributed by atoms with Crippen LogP contribution in [0.3, 0.4) is 0 Å². The van der Waals surface area contributed by atoms with Gasteiger partial charge in [-0.3, -0.25) is 9.48 Å². The van der Waals surface area contributed by atoms with Gasteiger partial charge in [-0.05, 0) is 84.0 Å². The van der Waals surface area contributed by atoms with Crippen molar-refractivity contribution in [3.63, 3.8) is 0 Å². The van der Waals surface area contributed by atoms with Crippen LogP contribution in [0.1, 0.15) is 43.2 Å². The highest BCUT2D eigenvalue weighted by atomic mass is 35.5. The van der Waals surface area contributed by atoms with Crippen molar-refractivity contribution in [3.8, 4) is 11.1 Å². The van der Waals surface area contributed by atoms with Gasteiger partial charge in [0.2, 0.25) is 5.91 Å². The molecule has 4 aromatic rings. The lowest BCUT2D eigenvalue weighted by Gasteiger charge is -2.36. The van der Waals surface area contributed by atoms with Crippen molar-refractivity contribution in [2.45, 2.75) is 38.5 Å². The molecule has 200 valence electrons. The van der Waals surface area contributed by atoms with Crippen LogP contribution in [-0.4, -0.2) is 26.8 Å². The van der Waals surface area contributed by atoms with Crippen LogP contribution >= 0.6 is 11.6 Å². The van der Waals surface area contributed by atoms with Gasteiger partial charge in [0.05, 0.1) is 17.1 Å². The largest absolute Gasteiger partial charge is 0.478 e. The van der Waals surface area contributed by atoms with Crippen molar-refractivity contribution in [3.05, 3.63) is 88.8 Å². The number of nitrogens with one attached hydrogen (secondary N) is 1. The smallest absolute Gasteiger partial charge is 0.328 e. The van der Waals surface area contributed by atoms with E-state index >= 15 is 0 Å². The van der Waals surface area contributed by atoms with Crippen LogP contribution in [-0.2, 0) is 23.1 Å². The van der Waals surface area contributed by atoms with Gasteiger partial charge in [-0.2, -0.15) is 5.10 Å². The number of benzene rings is 3. The summed E-state index contributed by atoms with van der Waals surface area (Å²) in [6, 6.07) is 16.2. The van der Waals surface area contributed by atoms with E-state index in [2.05, 4.69) is 16.5 Å². The Morgan fingerprint density at radius 3 is 2.56 bits per heavy atom. The van der Waals surface area contributed by atoms with E-state index in [1.165, 1.54) is 18.2 Å². The standard InChI is InChI=1S/C31H29ClFN3O3/c1-36-28-9-8-21(15-24(28)19-34-36)22-6-7-23(27(32)16-22)18-31(11-3-2-4-12-31)30(39)35-26-14-20(5-10-29(37)38)13-25(33)17-26/h5-10,13-17,19H,2-4,11-12,18H2,1H3,(H,35,39)(H,37,38)/b10-5+. The van der Waals surface area contributed by atoms with Crippen LogP contribution in [0.5, 0.6) is 0 Å². The molecule has 0 unspecified atom stereocenters. The molecule has 2 N–H and O–H groups in total. The van der Waals surface area contributed by atoms with E-state index in [0.717, 1.165) is 52.9 Å². The second-order valence-electron chi connectivity index (χ2n) is 10.3. The lowest BCUT2D eigenvalue weighted by molar-refractivity contribution is -0.131. The third-order valence-corrected chi connectivity index (χ3v) is 7.90. The summed E-state index contributed by atoms with van der Waals surface area (Å²) >= 11 is 6.80. The lowest BCUT2D eigenvalue weighted by atomic mass is 9.69. The van der Waals surface area contributed by atoms with E-state index in [-0.39, 0.29) is 5.91 Å². The van der Waals surface area contributed by atoms with Crippen LogP contribution in [0, 0.1) is 11.2 Å². The summed E-state index contributed by atoms with van der Waals surface area (Å²) in [5.41, 5.74) is 3.93. The van der Waals surface area contributed by atoms with Gasteiger partial charge in [0.15, 0.2) is 0 Å². The first-order chi connectivity index (χ1) is 18.7. The molecule has 0 spiro atoms. The molecule has 1 saturated carbocycles. The average molecular weight is 546 g/mol. The normalized spacial score (nSPS) is 15.1. The maximum atomic E-state index is 14.3. The number of hydrogen-bond donors (Lipinski definition) is 2. The molecule has 39 heavy (non-hydrogen) atoms. The Morgan fingerprint density at radius 1 is 1.08 bits per heavy atom. The van der Waals surface area contributed by atoms with E-state index in [0.29, 0.717) is 35.5 Å². The molecule has 0 bridgehead atoms. The summed E-state index contributed by atoms with van der Waals surface area (Å²) in [5.74, 6) is -1.87. The Labute approximate surface area is 231 Å². The summed E-state index contributed by atoms with van der Waals surface area (Å²) in [7, 11) is 1.91. The SMILES string of the molecule is Cn1ncc2cc(-c3ccc(CC4(C(=O)Nc5cc(F)cc(/C=C/C(=O)O)c5)CCCCC4)c(Cl)c3)ccc21. The highest BCUT2D eigenvalue weighted by Crippen LogP contribution is 2.42. The summed E-state index contributed by atoms with van der Waals surface area (Å²) in [6.45, 7) is 0. The molecule has 1 aromatic heterocycles. The number of carboxylic acids is 1. The van der Waals surface area contributed by atoms with E-state index < -0.39 is 17.2 Å². The molecule has 1 fully saturated rings. The average Bonchev–Trinajstić information content (AvgIpc) is 3.28. The zero-order valence-corrected chi connectivity index (χ0v) is 22.3. The molecule has 3 aromatic carbocycles. The van der Waals surface area contributed by atoms with Gasteiger partial charge in [-0.25, -0.2) is 9.18 Å². The molecule has 8 heteroatoms. The van der Waals surface area contributed by atoms with Crippen molar-refractivity contribution in [2.24, 2.45) is 12.5 Å². The van der Waals surface area contributed by atoms with E-state index in [1.54, 1.807) is 6.07 Å². The van der Waals surface area contributed by atoms with Gasteiger partial charge in [0, 0.05) is 29.2 Å². The second-order valence-corrected chi connectivity index (χ2v) is 10.7. The maximum absolute atomic E-state index is 14.3. The van der Waals surface area contributed by atoms with Gasteiger partial charge < -0.3 is 10.4 Å². The summed E-state index contributed by atoms with van der Waals surface area (Å²) in [6.07, 6.45) is 8.85. The van der Waals surface area contributed by atoms with Crippen LogP contribution in [0.4, 0.5) is 10.1 Å². The number of carboxylic acid groups (broad SMARTS) is 1. The van der Waals surface area contributed by atoms with Crippen molar-refractivity contribution < 1.29 is 19.1 Å². The van der Waals surface area contributed by atoms with Gasteiger partial charge in [-0.1, -0.05) is 49.1 Å². The maximum Gasteiger partial charge on any atom is 0.328 e. The molecule has 0 radical (unpaired) electrons. The number of rotatable bonds is 7. The molecule has 1 heterocycles. The minimum atomic E-state index is -1.13. The number of carbonyl (C=O) groups is 2. The summed E-state index contributed by atoms with van der Waals surface area (Å²) in [5, 5.41) is 17.8. The predicted molar refractivity (Wildman–Crippen MR) is 152 cm³/mol. The second kappa shape index (κ2) is 11.0. The van der Waals surface area contributed by atoms with Crippen LogP contribution in [0.15, 0.2) is 66.9 Å². The lowest BCUT2D eigenvalue weighted by Crippen LogP contribution is -2.40. The number of aryl methyl sites for hydroxylation is 1. The minimum Gasteiger partial charge on any atom is -0.478 e. The first-order valence-corrected chi connectivity index (χ1v) is 13.3. The number of nitrogens with zero attached hydrogens (tertiary/aromatic N) is 2. The zero-order valence-electron chi connectivity index (χ0n) is 21.6. The molecule has 1 amide bonds. The fraction of sp³-hybridized carbons (Fsp3) is 0.258. The van der Waals surface area contributed by atoms with Crippen molar-refractivity contribution in [1.29, 1.82) is 0 Å². The Hall–Kier alpha value is -3.97. The molecule has 0 atom stereocenters. The van der Waals surface area contributed by atoms with Crippen LogP contribution in [0.2, 0.25) is 5.02 Å². The molecule has 6 nitrogen and oxygen atoms in total. The number of aliphatic carboxylic acids is 1.